The van der Waals surface area contributed by atoms with E-state index >= 15 is 0 Å². The summed E-state index contributed by atoms with van der Waals surface area (Å²) in [6, 6.07) is 15.0. The quantitative estimate of drug-likeness (QED) is 0.824. The summed E-state index contributed by atoms with van der Waals surface area (Å²) in [7, 11) is 0. The molecule has 0 atom stereocenters. The SMILES string of the molecule is Nc1ccccc1COc1ccccc1Cl. The summed E-state index contributed by atoms with van der Waals surface area (Å²) >= 11 is 5.97. The van der Waals surface area contributed by atoms with Gasteiger partial charge in [-0.15, -0.1) is 0 Å². The van der Waals surface area contributed by atoms with Crippen LogP contribution in [0.1, 0.15) is 5.56 Å². The van der Waals surface area contributed by atoms with E-state index in [1.54, 1.807) is 6.07 Å². The Labute approximate surface area is 99.6 Å². The number of hydrogen-bond acceptors (Lipinski definition) is 2. The van der Waals surface area contributed by atoms with Crippen molar-refractivity contribution in [2.24, 2.45) is 0 Å². The summed E-state index contributed by atoms with van der Waals surface area (Å²) in [5, 5.41) is 0.608. The zero-order valence-electron chi connectivity index (χ0n) is 8.69. The van der Waals surface area contributed by atoms with E-state index in [-0.39, 0.29) is 0 Å². The van der Waals surface area contributed by atoms with Crippen LogP contribution in [-0.2, 0) is 6.61 Å². The minimum absolute atomic E-state index is 0.427. The van der Waals surface area contributed by atoms with Crippen molar-refractivity contribution in [1.82, 2.24) is 0 Å². The van der Waals surface area contributed by atoms with E-state index < -0.39 is 0 Å². The van der Waals surface area contributed by atoms with Gasteiger partial charge in [0.1, 0.15) is 12.4 Å². The van der Waals surface area contributed by atoms with Gasteiger partial charge in [-0.25, -0.2) is 0 Å². The smallest absolute Gasteiger partial charge is 0.138 e. The Balaban J connectivity index is 2.09. The Morgan fingerprint density at radius 2 is 1.69 bits per heavy atom. The number of halogens is 1. The van der Waals surface area contributed by atoms with Crippen LogP contribution in [0.4, 0.5) is 5.69 Å². The molecule has 2 rings (SSSR count). The normalized spacial score (nSPS) is 10.1. The third kappa shape index (κ3) is 2.47. The topological polar surface area (TPSA) is 35.2 Å². The molecule has 0 heterocycles. The van der Waals surface area contributed by atoms with Crippen molar-refractivity contribution in [1.29, 1.82) is 0 Å². The molecule has 0 bridgehead atoms. The first-order valence-corrected chi connectivity index (χ1v) is 5.36. The van der Waals surface area contributed by atoms with Crippen molar-refractivity contribution in [2.45, 2.75) is 6.61 Å². The second-order valence-electron chi connectivity index (χ2n) is 3.42. The molecule has 0 amide bonds. The van der Waals surface area contributed by atoms with Crippen LogP contribution < -0.4 is 10.5 Å². The molecule has 2 N–H and O–H groups in total. The van der Waals surface area contributed by atoms with E-state index in [2.05, 4.69) is 0 Å². The lowest BCUT2D eigenvalue weighted by atomic mass is 10.2. The van der Waals surface area contributed by atoms with Crippen molar-refractivity contribution < 1.29 is 4.74 Å². The minimum Gasteiger partial charge on any atom is -0.487 e. The van der Waals surface area contributed by atoms with Gasteiger partial charge >= 0.3 is 0 Å². The van der Waals surface area contributed by atoms with Gasteiger partial charge in [0.15, 0.2) is 0 Å². The molecule has 0 spiro atoms. The van der Waals surface area contributed by atoms with Crippen molar-refractivity contribution in [3.63, 3.8) is 0 Å². The summed E-state index contributed by atoms with van der Waals surface area (Å²) in [6.07, 6.45) is 0. The molecule has 0 aliphatic carbocycles. The zero-order chi connectivity index (χ0) is 11.4. The third-order valence-corrected chi connectivity index (χ3v) is 2.59. The molecule has 0 aromatic heterocycles. The Hall–Kier alpha value is -1.67. The molecule has 0 aliphatic rings. The highest BCUT2D eigenvalue weighted by Crippen LogP contribution is 2.24. The molecular weight excluding hydrogens is 222 g/mol. The molecule has 0 radical (unpaired) electrons. The number of nitrogen functional groups attached to an aromatic ring is 1. The lowest BCUT2D eigenvalue weighted by Crippen LogP contribution is -1.99. The van der Waals surface area contributed by atoms with Gasteiger partial charge in [0.2, 0.25) is 0 Å². The molecule has 2 aromatic rings. The number of nitrogens with two attached hydrogens (primary N) is 1. The largest absolute Gasteiger partial charge is 0.487 e. The second kappa shape index (κ2) is 4.90. The van der Waals surface area contributed by atoms with Crippen molar-refractivity contribution >= 4 is 17.3 Å². The van der Waals surface area contributed by atoms with E-state index in [1.807, 2.05) is 42.5 Å². The zero-order valence-corrected chi connectivity index (χ0v) is 9.45. The van der Waals surface area contributed by atoms with Crippen LogP contribution in [-0.4, -0.2) is 0 Å². The summed E-state index contributed by atoms with van der Waals surface area (Å²) in [5.41, 5.74) is 7.50. The molecule has 0 aliphatic heterocycles. The Bertz CT molecular complexity index is 439. The van der Waals surface area contributed by atoms with Gasteiger partial charge in [0, 0.05) is 11.3 Å². The van der Waals surface area contributed by atoms with Crippen LogP contribution in [0.15, 0.2) is 48.5 Å². The first-order chi connectivity index (χ1) is 7.77. The monoisotopic (exact) mass is 233 g/mol. The second-order valence-corrected chi connectivity index (χ2v) is 3.83. The average Bonchev–Trinajstić information content (AvgIpc) is 2.30. The van der Waals surface area contributed by atoms with Crippen LogP contribution in [0.3, 0.4) is 0 Å². The van der Waals surface area contributed by atoms with Crippen LogP contribution in [0.2, 0.25) is 5.02 Å². The fraction of sp³-hybridized carbons (Fsp3) is 0.0769. The van der Waals surface area contributed by atoms with Gasteiger partial charge in [-0.2, -0.15) is 0 Å². The lowest BCUT2D eigenvalue weighted by Gasteiger charge is -2.09. The molecule has 0 saturated carbocycles. The van der Waals surface area contributed by atoms with Crippen LogP contribution in [0, 0.1) is 0 Å². The highest BCUT2D eigenvalue weighted by molar-refractivity contribution is 6.32. The molecule has 0 fully saturated rings. The van der Waals surface area contributed by atoms with Crippen LogP contribution in [0.25, 0.3) is 0 Å². The Morgan fingerprint density at radius 1 is 1.00 bits per heavy atom. The van der Waals surface area contributed by atoms with E-state index in [0.717, 1.165) is 11.3 Å². The summed E-state index contributed by atoms with van der Waals surface area (Å²) in [4.78, 5) is 0. The van der Waals surface area contributed by atoms with Crippen molar-refractivity contribution in [3.8, 4) is 5.75 Å². The predicted molar refractivity (Wildman–Crippen MR) is 66.6 cm³/mol. The number of ether oxygens (including phenoxy) is 1. The maximum absolute atomic E-state index is 5.97. The number of hydrogen-bond donors (Lipinski definition) is 1. The minimum atomic E-state index is 0.427. The molecule has 82 valence electrons. The predicted octanol–water partition coefficient (Wildman–Crippen LogP) is 3.50. The molecule has 2 nitrogen and oxygen atoms in total. The molecule has 16 heavy (non-hydrogen) atoms. The van der Waals surface area contributed by atoms with E-state index in [9.17, 15) is 0 Å². The number of para-hydroxylation sites is 2. The molecule has 2 aromatic carbocycles. The maximum atomic E-state index is 5.97. The van der Waals surface area contributed by atoms with Gasteiger partial charge in [-0.05, 0) is 18.2 Å². The average molecular weight is 234 g/mol. The van der Waals surface area contributed by atoms with Gasteiger partial charge in [0.05, 0.1) is 5.02 Å². The molecule has 0 saturated heterocycles. The van der Waals surface area contributed by atoms with E-state index in [0.29, 0.717) is 17.4 Å². The third-order valence-electron chi connectivity index (χ3n) is 2.27. The van der Waals surface area contributed by atoms with Gasteiger partial charge < -0.3 is 10.5 Å². The van der Waals surface area contributed by atoms with E-state index in [1.165, 1.54) is 0 Å². The Kier molecular flexibility index (Phi) is 3.32. The molecular formula is C13H12ClNO. The first kappa shape index (κ1) is 10.8. The first-order valence-electron chi connectivity index (χ1n) is 4.98. The fourth-order valence-corrected chi connectivity index (χ4v) is 1.57. The van der Waals surface area contributed by atoms with Crippen LogP contribution in [0.5, 0.6) is 5.75 Å². The highest BCUT2D eigenvalue weighted by atomic mass is 35.5. The number of rotatable bonds is 3. The summed E-state index contributed by atoms with van der Waals surface area (Å²) in [5.74, 6) is 0.674. The summed E-state index contributed by atoms with van der Waals surface area (Å²) in [6.45, 7) is 0.427. The number of benzene rings is 2. The summed E-state index contributed by atoms with van der Waals surface area (Å²) < 4.78 is 5.59. The van der Waals surface area contributed by atoms with Crippen molar-refractivity contribution in [3.05, 3.63) is 59.1 Å². The molecule has 0 unspecified atom stereocenters. The van der Waals surface area contributed by atoms with E-state index in [4.69, 9.17) is 22.1 Å². The van der Waals surface area contributed by atoms with Gasteiger partial charge in [-0.3, -0.25) is 0 Å². The molecule has 3 heteroatoms. The maximum Gasteiger partial charge on any atom is 0.138 e. The number of anilines is 1. The highest BCUT2D eigenvalue weighted by Gasteiger charge is 2.02. The van der Waals surface area contributed by atoms with Gasteiger partial charge in [-0.1, -0.05) is 41.9 Å². The Morgan fingerprint density at radius 3 is 2.44 bits per heavy atom. The fourth-order valence-electron chi connectivity index (χ4n) is 1.38. The standard InChI is InChI=1S/C13H12ClNO/c14-11-6-2-4-8-13(11)16-9-10-5-1-3-7-12(10)15/h1-8H,9,15H2. The van der Waals surface area contributed by atoms with Gasteiger partial charge in [0.25, 0.3) is 0 Å². The van der Waals surface area contributed by atoms with Crippen LogP contribution >= 0.6 is 11.6 Å². The lowest BCUT2D eigenvalue weighted by molar-refractivity contribution is 0.307. The van der Waals surface area contributed by atoms with Crippen molar-refractivity contribution in [2.75, 3.05) is 5.73 Å².